The minimum absolute atomic E-state index is 0.0369. The van der Waals surface area contributed by atoms with Gasteiger partial charge in [-0.2, -0.15) is 0 Å². The van der Waals surface area contributed by atoms with Gasteiger partial charge in [-0.05, 0) is 72.6 Å². The molecule has 0 bridgehead atoms. The molecular weight excluding hydrogens is 659 g/mol. The predicted octanol–water partition coefficient (Wildman–Crippen LogP) is 10.8. The molecule has 4 atom stereocenters. The zero-order valence-electron chi connectivity index (χ0n) is 30.2. The van der Waals surface area contributed by atoms with Gasteiger partial charge in [-0.1, -0.05) is 140 Å². The van der Waals surface area contributed by atoms with Crippen molar-refractivity contribution in [3.05, 3.63) is 203 Å². The lowest BCUT2D eigenvalue weighted by Gasteiger charge is -2.41. The number of allylic oxidation sites excluding steroid dienone is 9. The second kappa shape index (κ2) is 13.0. The van der Waals surface area contributed by atoms with Gasteiger partial charge < -0.3 is 9.47 Å². The van der Waals surface area contributed by atoms with Crippen LogP contribution in [0.4, 0.5) is 5.69 Å². The maximum absolute atomic E-state index is 3.99. The molecule has 11 rings (SSSR count). The molecule has 1 saturated heterocycles. The van der Waals surface area contributed by atoms with Crippen molar-refractivity contribution in [1.82, 2.24) is 20.5 Å². The summed E-state index contributed by atoms with van der Waals surface area (Å²) in [5.41, 5.74) is 14.7. The molecule has 0 amide bonds. The molecule has 4 unspecified atom stereocenters. The number of nitrogens with one attached hydrogen (secondary N) is 3. The van der Waals surface area contributed by atoms with Crippen molar-refractivity contribution in [3.63, 3.8) is 0 Å². The fourth-order valence-corrected chi connectivity index (χ4v) is 9.87. The van der Waals surface area contributed by atoms with Crippen LogP contribution in [0.25, 0.3) is 27.5 Å². The molecule has 5 aromatic carbocycles. The molecule has 1 fully saturated rings. The lowest BCUT2D eigenvalue weighted by Crippen LogP contribution is -2.54. The Morgan fingerprint density at radius 1 is 0.611 bits per heavy atom. The zero-order chi connectivity index (χ0) is 35.6. The maximum Gasteiger partial charge on any atom is 0.0885 e. The Bertz CT molecular complexity index is 2470. The zero-order valence-corrected chi connectivity index (χ0v) is 30.2. The molecule has 264 valence electrons. The molecule has 0 radical (unpaired) electrons. The summed E-state index contributed by atoms with van der Waals surface area (Å²) in [6.07, 6.45) is 16.1. The van der Waals surface area contributed by atoms with E-state index in [1.165, 1.54) is 72.4 Å². The monoisotopic (exact) mass is 701 g/mol. The van der Waals surface area contributed by atoms with Gasteiger partial charge in [0.2, 0.25) is 0 Å². The second-order valence-corrected chi connectivity index (χ2v) is 15.3. The van der Waals surface area contributed by atoms with Crippen molar-refractivity contribution in [2.45, 2.75) is 44.2 Å². The first kappa shape index (κ1) is 31.8. The van der Waals surface area contributed by atoms with Crippen LogP contribution in [0.1, 0.15) is 60.9 Å². The summed E-state index contributed by atoms with van der Waals surface area (Å²) in [7, 11) is 0. The third-order valence-corrected chi connectivity index (χ3v) is 12.3. The average molecular weight is 702 g/mol. The van der Waals surface area contributed by atoms with Crippen molar-refractivity contribution in [3.8, 4) is 0 Å². The van der Waals surface area contributed by atoms with Crippen molar-refractivity contribution in [2.24, 2.45) is 11.8 Å². The summed E-state index contributed by atoms with van der Waals surface area (Å²) in [6.45, 7) is 0. The van der Waals surface area contributed by atoms with Gasteiger partial charge in [0.05, 0.1) is 35.2 Å². The average Bonchev–Trinajstić information content (AvgIpc) is 3.75. The summed E-state index contributed by atoms with van der Waals surface area (Å²) in [6, 6.07) is 48.5. The quantitative estimate of drug-likeness (QED) is 0.167. The molecule has 1 aromatic heterocycles. The minimum atomic E-state index is -0.106. The van der Waals surface area contributed by atoms with Crippen molar-refractivity contribution in [1.29, 1.82) is 0 Å². The molecule has 3 N–H and O–H groups in total. The van der Waals surface area contributed by atoms with Gasteiger partial charge in [0.1, 0.15) is 0 Å². The van der Waals surface area contributed by atoms with Crippen LogP contribution in [0.2, 0.25) is 0 Å². The summed E-state index contributed by atoms with van der Waals surface area (Å²) in [4.78, 5) is 2.67. The van der Waals surface area contributed by atoms with E-state index in [2.05, 4.69) is 189 Å². The lowest BCUT2D eigenvalue weighted by molar-refractivity contribution is 0.203. The van der Waals surface area contributed by atoms with Crippen LogP contribution >= 0.6 is 0 Å². The fourth-order valence-electron chi connectivity index (χ4n) is 9.87. The highest BCUT2D eigenvalue weighted by molar-refractivity contribution is 6.11. The third-order valence-electron chi connectivity index (χ3n) is 12.3. The van der Waals surface area contributed by atoms with Gasteiger partial charge in [0.25, 0.3) is 0 Å². The van der Waals surface area contributed by atoms with E-state index < -0.39 is 0 Å². The number of para-hydroxylation sites is 3. The number of anilines is 1. The van der Waals surface area contributed by atoms with E-state index in [1.54, 1.807) is 0 Å². The molecule has 54 heavy (non-hydrogen) atoms. The number of hydrogen-bond donors (Lipinski definition) is 3. The summed E-state index contributed by atoms with van der Waals surface area (Å²) >= 11 is 0. The summed E-state index contributed by atoms with van der Waals surface area (Å²) in [5.74, 6) is 0.830. The van der Waals surface area contributed by atoms with Gasteiger partial charge in [-0.15, -0.1) is 0 Å². The van der Waals surface area contributed by atoms with E-state index in [4.69, 9.17) is 0 Å². The molecule has 0 spiro atoms. The van der Waals surface area contributed by atoms with Crippen LogP contribution in [0, 0.1) is 11.8 Å². The summed E-state index contributed by atoms with van der Waals surface area (Å²) < 4.78 is 2.57. The third kappa shape index (κ3) is 5.11. The molecular formula is C49H43N5. The van der Waals surface area contributed by atoms with Crippen LogP contribution in [0.5, 0.6) is 0 Å². The lowest BCUT2D eigenvalue weighted by atomic mass is 9.74. The van der Waals surface area contributed by atoms with E-state index in [-0.39, 0.29) is 18.5 Å². The molecule has 3 aliphatic carbocycles. The first-order valence-corrected chi connectivity index (χ1v) is 19.6. The topological polar surface area (TPSA) is 44.3 Å². The van der Waals surface area contributed by atoms with E-state index >= 15 is 0 Å². The number of nitrogens with zero attached hydrogens (tertiary/aromatic N) is 2. The van der Waals surface area contributed by atoms with Gasteiger partial charge in [0, 0.05) is 44.9 Å². The highest BCUT2D eigenvalue weighted by Crippen LogP contribution is 2.56. The van der Waals surface area contributed by atoms with Gasteiger partial charge >= 0.3 is 0 Å². The number of fused-ring (bicyclic) bond motifs is 6. The molecule has 5 aliphatic rings. The molecule has 5 nitrogen and oxygen atoms in total. The Balaban J connectivity index is 1.08. The molecule has 2 aliphatic heterocycles. The van der Waals surface area contributed by atoms with Crippen molar-refractivity contribution < 1.29 is 0 Å². The first-order valence-electron chi connectivity index (χ1n) is 19.6. The Labute approximate surface area is 316 Å². The Hall–Kier alpha value is -5.72. The van der Waals surface area contributed by atoms with Crippen LogP contribution in [-0.4, -0.2) is 4.57 Å². The number of aromatic nitrogens is 1. The van der Waals surface area contributed by atoms with Crippen molar-refractivity contribution >= 4 is 33.2 Å². The smallest absolute Gasteiger partial charge is 0.0885 e. The number of rotatable bonds is 5. The van der Waals surface area contributed by atoms with Crippen LogP contribution in [0.3, 0.4) is 0 Å². The largest absolute Gasteiger partial charge is 0.317 e. The Morgan fingerprint density at radius 3 is 1.93 bits per heavy atom. The standard InChI is InChI=1S/C49H43N5/c1-3-16-32(17-4-1)47-50-48(33-18-5-2-6-19-33)52-49(51-47)38-24-11-14-27-42(38)54-44-29-15-28-43(46(44)39-30-34-20-7-8-21-35(34)31-45(39)54)53-40-25-12-9-22-36(40)37-23-10-13-26-41(37)53/h1-14,16-19,21-28,31,34,39,47-52H,15,20,29-30H2. The van der Waals surface area contributed by atoms with Crippen LogP contribution in [0.15, 0.2) is 186 Å². The molecule has 6 aromatic rings. The minimum Gasteiger partial charge on any atom is -0.317 e. The predicted molar refractivity (Wildman–Crippen MR) is 221 cm³/mol. The van der Waals surface area contributed by atoms with Crippen molar-refractivity contribution in [2.75, 3.05) is 4.90 Å². The molecule has 0 saturated carbocycles. The SMILES string of the molecule is C1=CCC2CC3C(=CC2=C1)N(c1ccccc1C1NC(c2ccccc2)NC(c2ccccc2)N1)C1=C3C(n2c3ccccc3c3ccccc32)=CCC1. The van der Waals surface area contributed by atoms with E-state index in [0.29, 0.717) is 11.8 Å². The number of benzene rings is 5. The molecule has 5 heteroatoms. The second-order valence-electron chi connectivity index (χ2n) is 15.3. The van der Waals surface area contributed by atoms with Gasteiger partial charge in [-0.25, -0.2) is 0 Å². The number of hydrogen-bond acceptors (Lipinski definition) is 4. The molecule has 3 heterocycles. The Morgan fingerprint density at radius 2 is 1.22 bits per heavy atom. The maximum atomic E-state index is 3.99. The Kier molecular flexibility index (Phi) is 7.65. The van der Waals surface area contributed by atoms with Gasteiger partial charge in [0.15, 0.2) is 0 Å². The normalized spacial score (nSPS) is 24.9. The highest BCUT2D eigenvalue weighted by atomic mass is 15.4. The fraction of sp³-hybridized carbons (Fsp3) is 0.184. The first-order chi connectivity index (χ1) is 26.8. The van der Waals surface area contributed by atoms with Crippen LogP contribution in [-0.2, 0) is 0 Å². The van der Waals surface area contributed by atoms with Crippen LogP contribution < -0.4 is 20.9 Å². The van der Waals surface area contributed by atoms with Gasteiger partial charge in [-0.3, -0.25) is 16.0 Å². The highest BCUT2D eigenvalue weighted by Gasteiger charge is 2.45. The van der Waals surface area contributed by atoms with E-state index in [1.807, 2.05) is 0 Å². The van der Waals surface area contributed by atoms with E-state index in [9.17, 15) is 0 Å². The summed E-state index contributed by atoms with van der Waals surface area (Å²) in [5, 5.41) is 14.5. The van der Waals surface area contributed by atoms with E-state index in [0.717, 1.165) is 25.7 Å².